The summed E-state index contributed by atoms with van der Waals surface area (Å²) in [5.41, 5.74) is 1.33. The maximum atomic E-state index is 12.6. The van der Waals surface area contributed by atoms with Crippen molar-refractivity contribution in [2.45, 2.75) is 58.7 Å². The molecule has 0 aromatic carbocycles. The van der Waals surface area contributed by atoms with Gasteiger partial charge in [-0.1, -0.05) is 0 Å². The van der Waals surface area contributed by atoms with Gasteiger partial charge in [0.2, 0.25) is 5.28 Å². The Morgan fingerprint density at radius 1 is 1.27 bits per heavy atom. The normalized spacial score (nSPS) is 23.6. The smallest absolute Gasteiger partial charge is 0.410 e. The monoisotopic (exact) mass is 382 g/mol. The highest BCUT2D eigenvalue weighted by molar-refractivity contribution is 6.28. The van der Waals surface area contributed by atoms with E-state index in [1.807, 2.05) is 27.7 Å². The van der Waals surface area contributed by atoms with Crippen molar-refractivity contribution in [1.29, 1.82) is 0 Å². The molecule has 0 N–H and O–H groups in total. The van der Waals surface area contributed by atoms with E-state index in [1.165, 1.54) is 0 Å². The minimum atomic E-state index is -0.533. The van der Waals surface area contributed by atoms with Crippen molar-refractivity contribution in [2.75, 3.05) is 31.2 Å². The number of anilines is 1. The quantitative estimate of drug-likeness (QED) is 0.695. The summed E-state index contributed by atoms with van der Waals surface area (Å²) in [5, 5.41) is 0.204. The van der Waals surface area contributed by atoms with Gasteiger partial charge in [-0.25, -0.2) is 14.8 Å². The number of morpholine rings is 1. The standard InChI is InChI=1S/C18H27ClN4O3/c1-11-10-25-9-8-22(11)15-13-6-7-23(17(24)26-18(3,4)5)12(2)14(13)20-16(19)21-15/h11-12H,6-10H2,1-5H3/t11-,12?/m0/s1. The summed E-state index contributed by atoms with van der Waals surface area (Å²) >= 11 is 6.23. The van der Waals surface area contributed by atoms with E-state index in [4.69, 9.17) is 21.1 Å². The lowest BCUT2D eigenvalue weighted by atomic mass is 9.98. The number of hydrogen-bond acceptors (Lipinski definition) is 6. The molecule has 0 aliphatic carbocycles. The van der Waals surface area contributed by atoms with Crippen LogP contribution in [0.1, 0.15) is 51.9 Å². The van der Waals surface area contributed by atoms with E-state index in [9.17, 15) is 4.79 Å². The molecule has 144 valence electrons. The second-order valence-corrected chi connectivity index (χ2v) is 8.24. The van der Waals surface area contributed by atoms with Crippen LogP contribution in [-0.4, -0.2) is 58.9 Å². The molecule has 1 saturated heterocycles. The zero-order valence-electron chi connectivity index (χ0n) is 16.1. The topological polar surface area (TPSA) is 67.8 Å². The maximum Gasteiger partial charge on any atom is 0.410 e. The van der Waals surface area contributed by atoms with Crippen LogP contribution in [0.5, 0.6) is 0 Å². The van der Waals surface area contributed by atoms with Crippen molar-refractivity contribution in [3.8, 4) is 0 Å². The second-order valence-electron chi connectivity index (χ2n) is 7.90. The first-order valence-electron chi connectivity index (χ1n) is 9.07. The van der Waals surface area contributed by atoms with Crippen molar-refractivity contribution in [1.82, 2.24) is 14.9 Å². The van der Waals surface area contributed by atoms with Gasteiger partial charge in [0.1, 0.15) is 11.4 Å². The molecule has 1 aromatic rings. The fourth-order valence-corrected chi connectivity index (χ4v) is 3.64. The Kier molecular flexibility index (Phi) is 5.30. The Hall–Kier alpha value is -1.60. The highest BCUT2D eigenvalue weighted by atomic mass is 35.5. The van der Waals surface area contributed by atoms with Gasteiger partial charge in [-0.05, 0) is 52.6 Å². The summed E-state index contributed by atoms with van der Waals surface area (Å²) in [6, 6.07) is 0.00204. The van der Waals surface area contributed by atoms with E-state index >= 15 is 0 Å². The van der Waals surface area contributed by atoms with Gasteiger partial charge in [0.25, 0.3) is 0 Å². The Balaban J connectivity index is 1.92. The number of carbonyl (C=O) groups is 1. The number of carbonyl (C=O) groups excluding carboxylic acids is 1. The number of aromatic nitrogens is 2. The molecule has 1 amide bonds. The van der Waals surface area contributed by atoms with E-state index < -0.39 is 5.60 Å². The highest BCUT2D eigenvalue weighted by Gasteiger charge is 2.35. The highest BCUT2D eigenvalue weighted by Crippen LogP contribution is 2.35. The van der Waals surface area contributed by atoms with Gasteiger partial charge in [0, 0.05) is 18.7 Å². The van der Waals surface area contributed by atoms with Gasteiger partial charge < -0.3 is 14.4 Å². The van der Waals surface area contributed by atoms with Crippen LogP contribution < -0.4 is 4.90 Å². The Bertz CT molecular complexity index is 692. The van der Waals surface area contributed by atoms with E-state index in [0.717, 1.165) is 23.6 Å². The SMILES string of the molecule is CC1c2nc(Cl)nc(N3CCOC[C@@H]3C)c2CCN1C(=O)OC(C)(C)C. The van der Waals surface area contributed by atoms with E-state index in [2.05, 4.69) is 21.8 Å². The molecule has 2 aliphatic rings. The Morgan fingerprint density at radius 3 is 2.65 bits per heavy atom. The first kappa shape index (κ1) is 19.2. The number of hydrogen-bond donors (Lipinski definition) is 0. The lowest BCUT2D eigenvalue weighted by Crippen LogP contribution is -2.46. The van der Waals surface area contributed by atoms with Gasteiger partial charge in [0.15, 0.2) is 0 Å². The zero-order chi connectivity index (χ0) is 19.1. The van der Waals surface area contributed by atoms with Crippen LogP contribution in [-0.2, 0) is 15.9 Å². The molecule has 0 bridgehead atoms. The Morgan fingerprint density at radius 2 is 2.00 bits per heavy atom. The van der Waals surface area contributed by atoms with Crippen LogP contribution in [0.2, 0.25) is 5.28 Å². The molecular formula is C18H27ClN4O3. The number of amides is 1. The summed E-state index contributed by atoms with van der Waals surface area (Å²) in [6.45, 7) is 12.3. The molecule has 3 heterocycles. The van der Waals surface area contributed by atoms with E-state index in [0.29, 0.717) is 26.2 Å². The van der Waals surface area contributed by atoms with E-state index in [1.54, 1.807) is 4.90 Å². The number of fused-ring (bicyclic) bond motifs is 1. The molecule has 0 saturated carbocycles. The third kappa shape index (κ3) is 3.88. The number of halogens is 1. The van der Waals surface area contributed by atoms with Crippen LogP contribution in [0.15, 0.2) is 0 Å². The second kappa shape index (κ2) is 7.19. The van der Waals surface area contributed by atoms with Crippen LogP contribution in [0.4, 0.5) is 10.6 Å². The van der Waals surface area contributed by atoms with Crippen molar-refractivity contribution in [3.63, 3.8) is 0 Å². The van der Waals surface area contributed by atoms with Crippen molar-refractivity contribution in [2.24, 2.45) is 0 Å². The first-order valence-corrected chi connectivity index (χ1v) is 9.45. The number of rotatable bonds is 1. The van der Waals surface area contributed by atoms with Crippen molar-refractivity contribution >= 4 is 23.5 Å². The van der Waals surface area contributed by atoms with Gasteiger partial charge in [-0.15, -0.1) is 0 Å². The van der Waals surface area contributed by atoms with Crippen molar-refractivity contribution < 1.29 is 14.3 Å². The fraction of sp³-hybridized carbons (Fsp3) is 0.722. The molecule has 3 rings (SSSR count). The average molecular weight is 383 g/mol. The molecule has 1 aromatic heterocycles. The first-order chi connectivity index (χ1) is 12.2. The minimum Gasteiger partial charge on any atom is -0.444 e. The predicted molar refractivity (Wildman–Crippen MR) is 99.7 cm³/mol. The molecule has 26 heavy (non-hydrogen) atoms. The molecule has 2 aliphatic heterocycles. The van der Waals surface area contributed by atoms with Gasteiger partial charge in [-0.2, -0.15) is 0 Å². The van der Waals surface area contributed by atoms with Crippen LogP contribution >= 0.6 is 11.6 Å². The van der Waals surface area contributed by atoms with Crippen LogP contribution in [0.3, 0.4) is 0 Å². The van der Waals surface area contributed by atoms with Crippen LogP contribution in [0.25, 0.3) is 0 Å². The molecule has 2 atom stereocenters. The Labute approximate surface area is 159 Å². The predicted octanol–water partition coefficient (Wildman–Crippen LogP) is 3.21. The molecule has 1 fully saturated rings. The fourth-order valence-electron chi connectivity index (χ4n) is 3.47. The summed E-state index contributed by atoms with van der Waals surface area (Å²) < 4.78 is 11.1. The average Bonchev–Trinajstić information content (AvgIpc) is 2.54. The third-order valence-electron chi connectivity index (χ3n) is 4.72. The van der Waals surface area contributed by atoms with Gasteiger partial charge in [-0.3, -0.25) is 4.90 Å². The molecule has 7 nitrogen and oxygen atoms in total. The summed E-state index contributed by atoms with van der Waals surface area (Å²) in [7, 11) is 0. The largest absolute Gasteiger partial charge is 0.444 e. The lowest BCUT2D eigenvalue weighted by Gasteiger charge is -2.39. The third-order valence-corrected chi connectivity index (χ3v) is 4.89. The van der Waals surface area contributed by atoms with Crippen molar-refractivity contribution in [3.05, 3.63) is 16.5 Å². The molecule has 0 spiro atoms. The molecular weight excluding hydrogens is 356 g/mol. The van der Waals surface area contributed by atoms with E-state index in [-0.39, 0.29) is 23.5 Å². The lowest BCUT2D eigenvalue weighted by molar-refractivity contribution is 0.0154. The molecule has 1 unspecified atom stereocenters. The summed E-state index contributed by atoms with van der Waals surface area (Å²) in [5.74, 6) is 0.867. The molecule has 8 heteroatoms. The summed E-state index contributed by atoms with van der Waals surface area (Å²) in [6.07, 6.45) is 0.349. The number of ether oxygens (including phenoxy) is 2. The van der Waals surface area contributed by atoms with Gasteiger partial charge in [0.05, 0.1) is 31.0 Å². The minimum absolute atomic E-state index is 0.204. The van der Waals surface area contributed by atoms with Gasteiger partial charge >= 0.3 is 6.09 Å². The number of nitrogens with zero attached hydrogens (tertiary/aromatic N) is 4. The maximum absolute atomic E-state index is 12.6. The molecule has 0 radical (unpaired) electrons. The zero-order valence-corrected chi connectivity index (χ0v) is 16.8. The summed E-state index contributed by atoms with van der Waals surface area (Å²) in [4.78, 5) is 25.5. The van der Waals surface area contributed by atoms with Crippen LogP contribution in [0, 0.1) is 0 Å².